The molecular weight excluding hydrogens is 204 g/mol. The Morgan fingerprint density at radius 3 is 3.14 bits per heavy atom. The summed E-state index contributed by atoms with van der Waals surface area (Å²) in [6.45, 7) is 0. The Bertz CT molecular complexity index is 577. The van der Waals surface area contributed by atoms with Gasteiger partial charge in [0.15, 0.2) is 5.65 Å². The zero-order chi connectivity index (χ0) is 10.1. The molecule has 0 fully saturated rings. The van der Waals surface area contributed by atoms with E-state index in [0.29, 0.717) is 16.9 Å². The monoisotopic (exact) mass is 208 g/mol. The van der Waals surface area contributed by atoms with Crippen LogP contribution in [-0.4, -0.2) is 14.6 Å². The summed E-state index contributed by atoms with van der Waals surface area (Å²) < 4.78 is 1.20. The number of rotatable bonds is 1. The molecule has 0 unspecified atom stereocenters. The quantitative estimate of drug-likeness (QED) is 0.699. The van der Waals surface area contributed by atoms with E-state index >= 15 is 0 Å². The number of aromatic nitrogens is 3. The lowest BCUT2D eigenvalue weighted by Gasteiger charge is -1.95. The van der Waals surface area contributed by atoms with Gasteiger partial charge >= 0.3 is 0 Å². The number of H-pyrrole nitrogens is 1. The smallest absolute Gasteiger partial charge is 0.272 e. The highest BCUT2D eigenvalue weighted by Gasteiger charge is 2.07. The molecule has 2 aromatic rings. The Hall–Kier alpha value is -1.80. The van der Waals surface area contributed by atoms with E-state index in [1.165, 1.54) is 16.8 Å². The maximum absolute atomic E-state index is 11.4. The largest absolute Gasteiger partial charge is 0.295 e. The fourth-order valence-electron chi connectivity index (χ4n) is 1.18. The van der Waals surface area contributed by atoms with Gasteiger partial charge in [-0.25, -0.2) is 9.50 Å². The molecule has 0 aliphatic carbocycles. The molecule has 5 nitrogen and oxygen atoms in total. The van der Waals surface area contributed by atoms with E-state index in [9.17, 15) is 4.79 Å². The molecule has 0 atom stereocenters. The van der Waals surface area contributed by atoms with E-state index in [1.54, 1.807) is 0 Å². The van der Waals surface area contributed by atoms with Crippen LogP contribution in [-0.2, 0) is 5.88 Å². The molecule has 2 rings (SSSR count). The van der Waals surface area contributed by atoms with Crippen LogP contribution in [0.4, 0.5) is 0 Å². The number of halogens is 1. The van der Waals surface area contributed by atoms with Gasteiger partial charge in [-0.05, 0) is 0 Å². The summed E-state index contributed by atoms with van der Waals surface area (Å²) in [6.07, 6.45) is 1.43. The van der Waals surface area contributed by atoms with Crippen LogP contribution in [0.2, 0.25) is 0 Å². The Labute approximate surface area is 83.5 Å². The van der Waals surface area contributed by atoms with Gasteiger partial charge in [0.05, 0.1) is 11.6 Å². The molecule has 0 aromatic carbocycles. The van der Waals surface area contributed by atoms with Crippen LogP contribution in [0.15, 0.2) is 17.1 Å². The topological polar surface area (TPSA) is 73.9 Å². The highest BCUT2D eigenvalue weighted by atomic mass is 35.5. The number of hydrogen-bond acceptors (Lipinski definition) is 3. The summed E-state index contributed by atoms with van der Waals surface area (Å²) in [5.41, 5.74) is 0.838. The van der Waals surface area contributed by atoms with E-state index in [2.05, 4.69) is 10.1 Å². The van der Waals surface area contributed by atoms with Crippen molar-refractivity contribution in [2.45, 2.75) is 5.88 Å². The van der Waals surface area contributed by atoms with Crippen LogP contribution in [0.25, 0.3) is 5.65 Å². The third kappa shape index (κ3) is 1.17. The fraction of sp³-hybridized carbons (Fsp3) is 0.125. The minimum absolute atomic E-state index is 0.155. The Balaban J connectivity index is 2.89. The van der Waals surface area contributed by atoms with Gasteiger partial charge in [-0.2, -0.15) is 5.26 Å². The fourth-order valence-corrected chi connectivity index (χ4v) is 1.32. The highest BCUT2D eigenvalue weighted by molar-refractivity contribution is 6.16. The average molecular weight is 209 g/mol. The molecular formula is C8H5ClN4O. The van der Waals surface area contributed by atoms with Crippen molar-refractivity contribution in [3.8, 4) is 6.07 Å². The van der Waals surface area contributed by atoms with Crippen LogP contribution in [0, 0.1) is 11.3 Å². The van der Waals surface area contributed by atoms with Crippen molar-refractivity contribution in [1.82, 2.24) is 14.6 Å². The van der Waals surface area contributed by atoms with Crippen molar-refractivity contribution >= 4 is 17.2 Å². The third-order valence-corrected chi connectivity index (χ3v) is 2.08. The molecule has 0 bridgehead atoms. The Morgan fingerprint density at radius 2 is 2.50 bits per heavy atom. The number of hydrogen-bond donors (Lipinski definition) is 1. The number of nitriles is 1. The maximum Gasteiger partial charge on any atom is 0.272 e. The molecule has 0 amide bonds. The first kappa shape index (κ1) is 8.78. The molecule has 14 heavy (non-hydrogen) atoms. The SMILES string of the molecule is N#Cc1c[nH]n2c(=O)cc(CCl)nc12. The lowest BCUT2D eigenvalue weighted by atomic mass is 10.3. The van der Waals surface area contributed by atoms with Crippen molar-refractivity contribution < 1.29 is 0 Å². The molecule has 0 saturated carbocycles. The van der Waals surface area contributed by atoms with Crippen molar-refractivity contribution in [3.05, 3.63) is 33.9 Å². The van der Waals surface area contributed by atoms with Gasteiger partial charge in [-0.15, -0.1) is 11.6 Å². The first-order chi connectivity index (χ1) is 6.76. The van der Waals surface area contributed by atoms with Crippen LogP contribution in [0.3, 0.4) is 0 Å². The second kappa shape index (κ2) is 3.16. The van der Waals surface area contributed by atoms with Gasteiger partial charge in [0.25, 0.3) is 5.56 Å². The number of alkyl halides is 1. The summed E-state index contributed by atoms with van der Waals surface area (Å²) in [4.78, 5) is 15.5. The van der Waals surface area contributed by atoms with Gasteiger partial charge in [-0.1, -0.05) is 0 Å². The van der Waals surface area contributed by atoms with Crippen molar-refractivity contribution in [3.63, 3.8) is 0 Å². The zero-order valence-electron chi connectivity index (χ0n) is 6.99. The summed E-state index contributed by atoms with van der Waals surface area (Å²) in [5.74, 6) is 0.155. The molecule has 0 radical (unpaired) electrons. The van der Waals surface area contributed by atoms with Crippen molar-refractivity contribution in [2.24, 2.45) is 0 Å². The van der Waals surface area contributed by atoms with Crippen molar-refractivity contribution in [2.75, 3.05) is 0 Å². The third-order valence-electron chi connectivity index (χ3n) is 1.81. The molecule has 0 saturated heterocycles. The molecule has 0 aliphatic rings. The van der Waals surface area contributed by atoms with E-state index in [0.717, 1.165) is 0 Å². The van der Waals surface area contributed by atoms with Gasteiger partial charge in [-0.3, -0.25) is 9.89 Å². The number of aromatic amines is 1. The Kier molecular flexibility index (Phi) is 1.98. The number of fused-ring (bicyclic) bond motifs is 1. The van der Waals surface area contributed by atoms with Gasteiger partial charge in [0.1, 0.15) is 11.6 Å². The molecule has 2 aromatic heterocycles. The minimum atomic E-state index is -0.271. The van der Waals surface area contributed by atoms with Crippen LogP contribution in [0.5, 0.6) is 0 Å². The van der Waals surface area contributed by atoms with E-state index in [4.69, 9.17) is 16.9 Å². The molecule has 0 spiro atoms. The second-order valence-electron chi connectivity index (χ2n) is 2.68. The van der Waals surface area contributed by atoms with Crippen LogP contribution in [0.1, 0.15) is 11.3 Å². The van der Waals surface area contributed by atoms with Gasteiger partial charge in [0.2, 0.25) is 0 Å². The summed E-state index contributed by atoms with van der Waals surface area (Å²) in [5, 5.41) is 11.4. The summed E-state index contributed by atoms with van der Waals surface area (Å²) in [6, 6.07) is 3.26. The highest BCUT2D eigenvalue weighted by Crippen LogP contribution is 2.05. The predicted molar refractivity (Wildman–Crippen MR) is 50.1 cm³/mol. The standard InChI is InChI=1S/C8H5ClN4O/c9-2-6-1-7(14)13-8(12-6)5(3-10)4-11-13/h1,4,11H,2H2. The molecule has 1 N–H and O–H groups in total. The molecule has 2 heterocycles. The van der Waals surface area contributed by atoms with Crippen LogP contribution < -0.4 is 5.56 Å². The second-order valence-corrected chi connectivity index (χ2v) is 2.94. The number of nitrogens with zero attached hydrogens (tertiary/aromatic N) is 3. The van der Waals surface area contributed by atoms with E-state index in [-0.39, 0.29) is 11.4 Å². The average Bonchev–Trinajstić information content (AvgIpc) is 2.61. The molecule has 6 heteroatoms. The Morgan fingerprint density at radius 1 is 1.71 bits per heavy atom. The lowest BCUT2D eigenvalue weighted by Crippen LogP contribution is -2.15. The first-order valence-corrected chi connectivity index (χ1v) is 4.36. The zero-order valence-corrected chi connectivity index (χ0v) is 7.75. The minimum Gasteiger partial charge on any atom is -0.295 e. The van der Waals surface area contributed by atoms with E-state index in [1.807, 2.05) is 6.07 Å². The lowest BCUT2D eigenvalue weighted by molar-refractivity contribution is 0.887. The maximum atomic E-state index is 11.4. The van der Waals surface area contributed by atoms with E-state index < -0.39 is 0 Å². The summed E-state index contributed by atoms with van der Waals surface area (Å²) in [7, 11) is 0. The summed E-state index contributed by atoms with van der Waals surface area (Å²) >= 11 is 5.56. The van der Waals surface area contributed by atoms with Crippen molar-refractivity contribution in [1.29, 1.82) is 5.26 Å². The van der Waals surface area contributed by atoms with Gasteiger partial charge in [0, 0.05) is 12.3 Å². The normalized spacial score (nSPS) is 10.3. The number of nitrogens with one attached hydrogen (secondary N) is 1. The van der Waals surface area contributed by atoms with Gasteiger partial charge < -0.3 is 0 Å². The predicted octanol–water partition coefficient (Wildman–Crippen LogP) is 0.633. The van der Waals surface area contributed by atoms with Crippen LogP contribution >= 0.6 is 11.6 Å². The molecule has 0 aliphatic heterocycles. The molecule has 70 valence electrons. The first-order valence-electron chi connectivity index (χ1n) is 3.82.